The van der Waals surface area contributed by atoms with Crippen LogP contribution in [0.3, 0.4) is 0 Å². The van der Waals surface area contributed by atoms with Gasteiger partial charge < -0.3 is 14.2 Å². The highest BCUT2D eigenvalue weighted by molar-refractivity contribution is 6.93. The van der Waals surface area contributed by atoms with Gasteiger partial charge in [-0.2, -0.15) is 0 Å². The van der Waals surface area contributed by atoms with E-state index in [4.69, 9.17) is 14.2 Å². The largest absolute Gasteiger partial charge is 0.497 e. The number of carbonyl (C=O) groups excluding carboxylic acids is 2. The van der Waals surface area contributed by atoms with Crippen LogP contribution in [0.5, 0.6) is 5.75 Å². The van der Waals surface area contributed by atoms with E-state index in [0.717, 1.165) is 16.5 Å². The van der Waals surface area contributed by atoms with E-state index in [9.17, 15) is 9.59 Å². The number of allylic oxidation sites excluding steroid dienone is 1. The van der Waals surface area contributed by atoms with Gasteiger partial charge in [-0.1, -0.05) is 43.0 Å². The molecule has 0 bridgehead atoms. The molecule has 1 aromatic rings. The Morgan fingerprint density at radius 3 is 1.84 bits per heavy atom. The standard InChI is InChI=1S/C19H28O5Si/c1-19(17(20)23-3,18(21)24-4)13-12-16(25(5,6)7)14-8-10-15(22-2)11-9-14/h8-12H,13H2,1-7H3/b16-12+. The monoisotopic (exact) mass is 364 g/mol. The van der Waals surface area contributed by atoms with E-state index in [1.165, 1.54) is 14.2 Å². The van der Waals surface area contributed by atoms with E-state index in [-0.39, 0.29) is 6.42 Å². The number of methoxy groups -OCH3 is 3. The smallest absolute Gasteiger partial charge is 0.323 e. The lowest BCUT2D eigenvalue weighted by Crippen LogP contribution is -2.38. The number of benzene rings is 1. The first kappa shape index (κ1) is 21.0. The third-order valence-corrected chi connectivity index (χ3v) is 6.30. The lowest BCUT2D eigenvalue weighted by Gasteiger charge is -2.26. The van der Waals surface area contributed by atoms with Crippen molar-refractivity contribution in [3.63, 3.8) is 0 Å². The summed E-state index contributed by atoms with van der Waals surface area (Å²) in [5, 5.41) is 1.16. The van der Waals surface area contributed by atoms with E-state index in [1.54, 1.807) is 14.0 Å². The fourth-order valence-electron chi connectivity index (χ4n) is 2.63. The number of carbonyl (C=O) groups is 2. The Labute approximate surface area is 151 Å². The Kier molecular flexibility index (Phi) is 6.99. The van der Waals surface area contributed by atoms with E-state index in [2.05, 4.69) is 19.6 Å². The molecule has 6 heteroatoms. The third-order valence-electron chi connectivity index (χ3n) is 4.20. The number of ether oxygens (including phenoxy) is 3. The van der Waals surface area contributed by atoms with Gasteiger partial charge in [-0.15, -0.1) is 0 Å². The molecule has 0 aliphatic rings. The summed E-state index contributed by atoms with van der Waals surface area (Å²) in [5.74, 6) is -0.409. The molecule has 0 unspecified atom stereocenters. The molecule has 1 aromatic carbocycles. The fourth-order valence-corrected chi connectivity index (χ4v) is 4.38. The van der Waals surface area contributed by atoms with Gasteiger partial charge >= 0.3 is 11.9 Å². The first-order valence-electron chi connectivity index (χ1n) is 8.12. The zero-order valence-electron chi connectivity index (χ0n) is 16.1. The van der Waals surface area contributed by atoms with Crippen LogP contribution in [-0.2, 0) is 19.1 Å². The van der Waals surface area contributed by atoms with E-state index in [0.29, 0.717) is 0 Å². The zero-order valence-corrected chi connectivity index (χ0v) is 17.1. The molecule has 0 aromatic heterocycles. The zero-order chi connectivity index (χ0) is 19.3. The minimum atomic E-state index is -1.73. The van der Waals surface area contributed by atoms with Crippen LogP contribution in [0.1, 0.15) is 18.9 Å². The number of esters is 2. The highest BCUT2D eigenvalue weighted by Crippen LogP contribution is 2.32. The normalized spacial score (nSPS) is 12.5. The SMILES string of the molecule is COC(=O)C(C)(C/C=C(\c1ccc(OC)cc1)[Si](C)(C)C)C(=O)OC. The predicted molar refractivity (Wildman–Crippen MR) is 101 cm³/mol. The van der Waals surface area contributed by atoms with Crippen molar-refractivity contribution in [2.75, 3.05) is 21.3 Å². The van der Waals surface area contributed by atoms with Crippen LogP contribution in [0.4, 0.5) is 0 Å². The molecule has 0 radical (unpaired) electrons. The second kappa shape index (κ2) is 8.34. The van der Waals surface area contributed by atoms with Gasteiger partial charge in [-0.25, -0.2) is 0 Å². The molecule has 0 saturated carbocycles. The van der Waals surface area contributed by atoms with Crippen LogP contribution in [-0.4, -0.2) is 41.3 Å². The average Bonchev–Trinajstić information content (AvgIpc) is 2.59. The van der Waals surface area contributed by atoms with Crippen molar-refractivity contribution in [1.29, 1.82) is 0 Å². The minimum Gasteiger partial charge on any atom is -0.497 e. The summed E-state index contributed by atoms with van der Waals surface area (Å²) >= 11 is 0. The maximum Gasteiger partial charge on any atom is 0.323 e. The summed E-state index contributed by atoms with van der Waals surface area (Å²) < 4.78 is 14.8. The molecule has 0 atom stereocenters. The lowest BCUT2D eigenvalue weighted by molar-refractivity contribution is -0.167. The van der Waals surface area contributed by atoms with Crippen molar-refractivity contribution in [3.8, 4) is 5.75 Å². The second-order valence-electron chi connectivity index (χ2n) is 7.12. The predicted octanol–water partition coefficient (Wildman–Crippen LogP) is 3.70. The van der Waals surface area contributed by atoms with Gasteiger partial charge in [0.25, 0.3) is 0 Å². The van der Waals surface area contributed by atoms with Crippen LogP contribution < -0.4 is 4.74 Å². The first-order valence-corrected chi connectivity index (χ1v) is 11.6. The van der Waals surface area contributed by atoms with Crippen molar-refractivity contribution in [1.82, 2.24) is 0 Å². The van der Waals surface area contributed by atoms with E-state index < -0.39 is 25.4 Å². The molecule has 25 heavy (non-hydrogen) atoms. The summed E-state index contributed by atoms with van der Waals surface area (Å²) in [4.78, 5) is 24.3. The number of hydrogen-bond donors (Lipinski definition) is 0. The Morgan fingerprint density at radius 2 is 1.48 bits per heavy atom. The Hall–Kier alpha value is -2.08. The van der Waals surface area contributed by atoms with Crippen molar-refractivity contribution in [2.45, 2.75) is 33.0 Å². The molecule has 0 aliphatic heterocycles. The topological polar surface area (TPSA) is 61.8 Å². The van der Waals surface area contributed by atoms with Gasteiger partial charge in [0.15, 0.2) is 5.41 Å². The average molecular weight is 365 g/mol. The molecule has 0 spiro atoms. The summed E-state index contributed by atoms with van der Waals surface area (Å²) in [6.07, 6.45) is 2.19. The highest BCUT2D eigenvalue weighted by atomic mass is 28.3. The van der Waals surface area contributed by atoms with Crippen LogP contribution in [0.25, 0.3) is 5.20 Å². The van der Waals surface area contributed by atoms with Gasteiger partial charge in [0.1, 0.15) is 5.75 Å². The summed E-state index contributed by atoms with van der Waals surface area (Å²) in [5.41, 5.74) is -0.294. The molecule has 0 fully saturated rings. The van der Waals surface area contributed by atoms with E-state index in [1.807, 2.05) is 30.3 Å². The van der Waals surface area contributed by atoms with Crippen molar-refractivity contribution in [3.05, 3.63) is 35.9 Å². The van der Waals surface area contributed by atoms with E-state index >= 15 is 0 Å². The van der Waals surface area contributed by atoms with Gasteiger partial charge in [0, 0.05) is 0 Å². The Bertz CT molecular complexity index is 625. The number of rotatable bonds is 7. The maximum atomic E-state index is 12.2. The van der Waals surface area contributed by atoms with Gasteiger partial charge in [0.2, 0.25) is 0 Å². The van der Waals surface area contributed by atoms with Crippen LogP contribution in [0, 0.1) is 5.41 Å². The molecule has 0 N–H and O–H groups in total. The molecule has 5 nitrogen and oxygen atoms in total. The first-order chi connectivity index (χ1) is 11.6. The lowest BCUT2D eigenvalue weighted by atomic mass is 9.86. The number of hydrogen-bond acceptors (Lipinski definition) is 5. The Morgan fingerprint density at radius 1 is 1.00 bits per heavy atom. The summed E-state index contributed by atoms with van der Waals surface area (Å²) in [7, 11) is 2.45. The van der Waals surface area contributed by atoms with Crippen LogP contribution in [0.15, 0.2) is 30.3 Å². The Balaban J connectivity index is 3.30. The van der Waals surface area contributed by atoms with Crippen LogP contribution in [0.2, 0.25) is 19.6 Å². The fraction of sp³-hybridized carbons (Fsp3) is 0.474. The van der Waals surface area contributed by atoms with Crippen molar-refractivity contribution < 1.29 is 23.8 Å². The quantitative estimate of drug-likeness (QED) is 0.419. The van der Waals surface area contributed by atoms with Gasteiger partial charge in [0.05, 0.1) is 29.4 Å². The highest BCUT2D eigenvalue weighted by Gasteiger charge is 2.43. The van der Waals surface area contributed by atoms with Gasteiger partial charge in [-0.3, -0.25) is 9.59 Å². The van der Waals surface area contributed by atoms with Crippen molar-refractivity contribution >= 4 is 25.2 Å². The molecule has 138 valence electrons. The molecule has 1 rings (SSSR count). The molecule has 0 aliphatic carbocycles. The van der Waals surface area contributed by atoms with Crippen LogP contribution >= 0.6 is 0 Å². The summed E-state index contributed by atoms with van der Waals surface area (Å²) in [6.45, 7) is 8.21. The third kappa shape index (κ3) is 4.95. The minimum absolute atomic E-state index is 0.220. The molecular formula is C19H28O5Si. The molecular weight excluding hydrogens is 336 g/mol. The second-order valence-corrected chi connectivity index (χ2v) is 12.2. The molecule has 0 saturated heterocycles. The van der Waals surface area contributed by atoms with Crippen molar-refractivity contribution in [2.24, 2.45) is 5.41 Å². The molecule has 0 amide bonds. The van der Waals surface area contributed by atoms with Gasteiger partial charge in [-0.05, 0) is 31.0 Å². The maximum absolute atomic E-state index is 12.2. The molecule has 0 heterocycles. The summed E-state index contributed by atoms with van der Waals surface area (Å²) in [6, 6.07) is 7.80.